The fraction of sp³-hybridized carbons (Fsp3) is 0.278. The summed E-state index contributed by atoms with van der Waals surface area (Å²) in [6.45, 7) is 2.63. The normalized spacial score (nSPS) is 11.2. The van der Waals surface area contributed by atoms with Gasteiger partial charge in [0.05, 0.1) is 27.8 Å². The van der Waals surface area contributed by atoms with Crippen LogP contribution < -0.4 is 9.62 Å². The second-order valence-electron chi connectivity index (χ2n) is 5.70. The summed E-state index contributed by atoms with van der Waals surface area (Å²) < 4.78 is 31.5. The molecule has 0 unspecified atom stereocenters. The lowest BCUT2D eigenvalue weighted by Gasteiger charge is -2.20. The van der Waals surface area contributed by atoms with Gasteiger partial charge in [0.15, 0.2) is 0 Å². The third kappa shape index (κ3) is 4.55. The van der Waals surface area contributed by atoms with Gasteiger partial charge in [0.2, 0.25) is 0 Å². The summed E-state index contributed by atoms with van der Waals surface area (Å²) in [6.07, 6.45) is 0. The molecule has 6 nitrogen and oxygen atoms in total. The van der Waals surface area contributed by atoms with Crippen LogP contribution >= 0.6 is 11.6 Å². The predicted molar refractivity (Wildman–Crippen MR) is 102 cm³/mol. The molecule has 0 aliphatic heterocycles. The van der Waals surface area contributed by atoms with Gasteiger partial charge in [-0.1, -0.05) is 29.3 Å². The number of rotatable bonds is 7. The van der Waals surface area contributed by atoms with E-state index in [-0.39, 0.29) is 21.4 Å². The maximum absolute atomic E-state index is 12.7. The molecular weight excluding hydrogens is 376 g/mol. The van der Waals surface area contributed by atoms with Crippen LogP contribution in [-0.4, -0.2) is 41.6 Å². The topological polar surface area (TPSA) is 75.7 Å². The van der Waals surface area contributed by atoms with Crippen molar-refractivity contribution in [1.82, 2.24) is 5.32 Å². The van der Waals surface area contributed by atoms with Crippen LogP contribution in [0.15, 0.2) is 47.4 Å². The SMILES string of the molecule is COCCNC(=O)c1ccc(N(C)S(=O)(=O)c2ccc(C)cc2)cc1Cl. The van der Waals surface area contributed by atoms with Crippen LogP contribution in [-0.2, 0) is 14.8 Å². The highest BCUT2D eigenvalue weighted by molar-refractivity contribution is 7.92. The van der Waals surface area contributed by atoms with Gasteiger partial charge in [-0.2, -0.15) is 0 Å². The van der Waals surface area contributed by atoms with E-state index in [1.807, 2.05) is 6.92 Å². The first-order valence-electron chi connectivity index (χ1n) is 7.89. The van der Waals surface area contributed by atoms with Crippen LogP contribution in [0.25, 0.3) is 0 Å². The summed E-state index contributed by atoms with van der Waals surface area (Å²) in [5.74, 6) is -0.345. The minimum atomic E-state index is -3.72. The number of nitrogens with one attached hydrogen (secondary N) is 1. The van der Waals surface area contributed by atoms with Crippen LogP contribution in [0, 0.1) is 6.92 Å². The second-order valence-corrected chi connectivity index (χ2v) is 8.07. The molecule has 1 amide bonds. The number of carbonyl (C=O) groups excluding carboxylic acids is 1. The average molecular weight is 397 g/mol. The molecule has 1 N–H and O–H groups in total. The molecule has 0 atom stereocenters. The molecule has 0 fully saturated rings. The summed E-state index contributed by atoms with van der Waals surface area (Å²) in [5, 5.41) is 2.84. The standard InChI is InChI=1S/C18H21ClN2O4S/c1-13-4-7-15(8-5-13)26(23,24)21(2)14-6-9-16(17(19)12-14)18(22)20-10-11-25-3/h4-9,12H,10-11H2,1-3H3,(H,20,22). The smallest absolute Gasteiger partial charge is 0.264 e. The Morgan fingerprint density at radius 3 is 2.42 bits per heavy atom. The van der Waals surface area contributed by atoms with Crippen LogP contribution in [0.3, 0.4) is 0 Å². The summed E-state index contributed by atoms with van der Waals surface area (Å²) in [7, 11) is -0.735. The van der Waals surface area contributed by atoms with Crippen molar-refractivity contribution >= 4 is 33.2 Å². The summed E-state index contributed by atoms with van der Waals surface area (Å²) >= 11 is 6.18. The van der Waals surface area contributed by atoms with E-state index in [4.69, 9.17) is 16.3 Å². The zero-order chi connectivity index (χ0) is 19.3. The molecule has 0 saturated carbocycles. The maximum atomic E-state index is 12.7. The van der Waals surface area contributed by atoms with Gasteiger partial charge in [0.1, 0.15) is 0 Å². The van der Waals surface area contributed by atoms with Crippen LogP contribution in [0.4, 0.5) is 5.69 Å². The highest BCUT2D eigenvalue weighted by Gasteiger charge is 2.22. The van der Waals surface area contributed by atoms with Gasteiger partial charge in [0.25, 0.3) is 15.9 Å². The number of sulfonamides is 1. The number of methoxy groups -OCH3 is 1. The number of ether oxygens (including phenoxy) is 1. The third-order valence-electron chi connectivity index (χ3n) is 3.83. The lowest BCUT2D eigenvalue weighted by molar-refractivity contribution is 0.0937. The fourth-order valence-corrected chi connectivity index (χ4v) is 3.70. The number of carbonyl (C=O) groups is 1. The second kappa shape index (κ2) is 8.53. The zero-order valence-electron chi connectivity index (χ0n) is 14.8. The summed E-state index contributed by atoms with van der Waals surface area (Å²) in [6, 6.07) is 11.1. The molecule has 2 rings (SSSR count). The van der Waals surface area contributed by atoms with Crippen LogP contribution in [0.2, 0.25) is 5.02 Å². The van der Waals surface area contributed by atoms with Gasteiger partial charge in [-0.15, -0.1) is 0 Å². The monoisotopic (exact) mass is 396 g/mol. The van der Waals surface area contributed by atoms with Crippen molar-refractivity contribution in [3.63, 3.8) is 0 Å². The number of aryl methyl sites for hydroxylation is 1. The molecule has 0 spiro atoms. The van der Waals surface area contributed by atoms with Gasteiger partial charge in [-0.25, -0.2) is 8.42 Å². The Kier molecular flexibility index (Phi) is 6.63. The molecular formula is C18H21ClN2O4S. The quantitative estimate of drug-likeness (QED) is 0.730. The third-order valence-corrected chi connectivity index (χ3v) is 5.94. The zero-order valence-corrected chi connectivity index (χ0v) is 16.4. The van der Waals surface area contributed by atoms with Crippen LogP contribution in [0.1, 0.15) is 15.9 Å². The highest BCUT2D eigenvalue weighted by atomic mass is 35.5. The van der Waals surface area contributed by atoms with Crippen molar-refractivity contribution in [2.24, 2.45) is 0 Å². The van der Waals surface area contributed by atoms with E-state index in [0.29, 0.717) is 18.8 Å². The molecule has 0 radical (unpaired) electrons. The van der Waals surface area contributed by atoms with Gasteiger partial charge in [-0.05, 0) is 37.3 Å². The van der Waals surface area contributed by atoms with Crippen molar-refractivity contribution in [2.45, 2.75) is 11.8 Å². The highest BCUT2D eigenvalue weighted by Crippen LogP contribution is 2.27. The predicted octanol–water partition coefficient (Wildman–Crippen LogP) is 2.85. The molecule has 0 aliphatic carbocycles. The van der Waals surface area contributed by atoms with E-state index < -0.39 is 10.0 Å². The Hall–Kier alpha value is -2.09. The lowest BCUT2D eigenvalue weighted by atomic mass is 10.2. The Labute approximate surface area is 158 Å². The summed E-state index contributed by atoms with van der Waals surface area (Å²) in [5.41, 5.74) is 1.61. The van der Waals surface area contributed by atoms with Crippen molar-refractivity contribution in [3.05, 3.63) is 58.6 Å². The largest absolute Gasteiger partial charge is 0.383 e. The van der Waals surface area contributed by atoms with Gasteiger partial charge in [-0.3, -0.25) is 9.10 Å². The van der Waals surface area contributed by atoms with E-state index >= 15 is 0 Å². The number of halogens is 1. The molecule has 0 heterocycles. The van der Waals surface area contributed by atoms with Gasteiger partial charge in [0, 0.05) is 20.7 Å². The van der Waals surface area contributed by atoms with E-state index in [0.717, 1.165) is 9.87 Å². The van der Waals surface area contributed by atoms with Crippen molar-refractivity contribution in [2.75, 3.05) is 31.6 Å². The Bertz CT molecular complexity index is 883. The lowest BCUT2D eigenvalue weighted by Crippen LogP contribution is -2.28. The summed E-state index contributed by atoms with van der Waals surface area (Å²) in [4.78, 5) is 12.3. The first kappa shape index (κ1) is 20.2. The number of hydrogen-bond acceptors (Lipinski definition) is 4. The minimum Gasteiger partial charge on any atom is -0.383 e. The Balaban J connectivity index is 2.24. The molecule has 0 aromatic heterocycles. The first-order valence-corrected chi connectivity index (χ1v) is 9.71. The molecule has 0 saturated heterocycles. The number of anilines is 1. The molecule has 26 heavy (non-hydrogen) atoms. The molecule has 0 aliphatic rings. The van der Waals surface area contributed by atoms with Crippen LogP contribution in [0.5, 0.6) is 0 Å². The van der Waals surface area contributed by atoms with Gasteiger partial charge < -0.3 is 10.1 Å². The van der Waals surface area contributed by atoms with E-state index in [1.54, 1.807) is 30.3 Å². The minimum absolute atomic E-state index is 0.170. The number of amides is 1. The number of nitrogens with zero attached hydrogens (tertiary/aromatic N) is 1. The molecule has 0 bridgehead atoms. The van der Waals surface area contributed by atoms with Crippen molar-refractivity contribution < 1.29 is 17.9 Å². The number of hydrogen-bond donors (Lipinski definition) is 1. The van der Waals surface area contributed by atoms with E-state index in [9.17, 15) is 13.2 Å². The first-order chi connectivity index (χ1) is 12.3. The fourth-order valence-electron chi connectivity index (χ4n) is 2.25. The van der Waals surface area contributed by atoms with E-state index in [1.165, 1.54) is 26.3 Å². The number of benzene rings is 2. The average Bonchev–Trinajstić information content (AvgIpc) is 2.61. The Morgan fingerprint density at radius 2 is 1.85 bits per heavy atom. The molecule has 140 valence electrons. The molecule has 2 aromatic carbocycles. The van der Waals surface area contributed by atoms with Crippen molar-refractivity contribution in [1.29, 1.82) is 0 Å². The molecule has 8 heteroatoms. The van der Waals surface area contributed by atoms with E-state index in [2.05, 4.69) is 5.32 Å². The maximum Gasteiger partial charge on any atom is 0.264 e. The van der Waals surface area contributed by atoms with Gasteiger partial charge >= 0.3 is 0 Å². The molecule has 2 aromatic rings. The van der Waals surface area contributed by atoms with Crippen molar-refractivity contribution in [3.8, 4) is 0 Å². The Morgan fingerprint density at radius 1 is 1.19 bits per heavy atom.